The first kappa shape index (κ1) is 22.0. The number of aliphatic hydroxyl groups is 1. The maximum absolute atomic E-state index is 9.67. The smallest absolute Gasteiger partial charge is 0.221 e. The molecular weight excluding hydrogens is 444 g/mol. The number of aryl methyl sites for hydroxylation is 2. The molecule has 0 saturated heterocycles. The average Bonchev–Trinajstić information content (AvgIpc) is 3.47. The van der Waals surface area contributed by atoms with Crippen molar-refractivity contribution in [2.24, 2.45) is 18.1 Å². The first-order valence-corrected chi connectivity index (χ1v) is 12.0. The molecule has 0 radical (unpaired) electrons. The van der Waals surface area contributed by atoms with Crippen LogP contribution in [0.2, 0.25) is 0 Å². The van der Waals surface area contributed by atoms with Crippen molar-refractivity contribution >= 4 is 22.2 Å². The van der Waals surface area contributed by atoms with Crippen LogP contribution in [0.1, 0.15) is 18.3 Å². The van der Waals surface area contributed by atoms with Crippen molar-refractivity contribution in [3.05, 3.63) is 41.9 Å². The Morgan fingerprint density at radius 1 is 1.23 bits per heavy atom. The number of allylic oxidation sites excluding steroid dienone is 3. The minimum atomic E-state index is -0.0719. The Balaban J connectivity index is 1.53. The van der Waals surface area contributed by atoms with Gasteiger partial charge in [0, 0.05) is 31.4 Å². The topological polar surface area (TPSA) is 108 Å². The highest BCUT2D eigenvalue weighted by Crippen LogP contribution is 2.37. The summed E-state index contributed by atoms with van der Waals surface area (Å²) < 4.78 is 8.26. The predicted molar refractivity (Wildman–Crippen MR) is 134 cm³/mol. The first-order valence-electron chi connectivity index (χ1n) is 12.0. The van der Waals surface area contributed by atoms with Gasteiger partial charge in [-0.1, -0.05) is 12.2 Å². The first-order chi connectivity index (χ1) is 16.9. The Hall–Kier alpha value is -3.50. The number of aliphatic hydroxyl groups excluding tert-OH is 1. The maximum atomic E-state index is 9.67. The molecule has 35 heavy (non-hydrogen) atoms. The Kier molecular flexibility index (Phi) is 5.23. The molecule has 182 valence electrons. The van der Waals surface area contributed by atoms with Crippen LogP contribution >= 0.6 is 0 Å². The third kappa shape index (κ3) is 3.64. The summed E-state index contributed by atoms with van der Waals surface area (Å²) in [7, 11) is 4.01. The van der Waals surface area contributed by atoms with Crippen LogP contribution in [0, 0.1) is 12.8 Å². The molecule has 0 amide bonds. The molecule has 1 aliphatic carbocycles. The summed E-state index contributed by atoms with van der Waals surface area (Å²) in [5.41, 5.74) is 6.42. The van der Waals surface area contributed by atoms with Gasteiger partial charge in [-0.25, -0.2) is 4.68 Å². The fourth-order valence-corrected chi connectivity index (χ4v) is 5.52. The monoisotopic (exact) mass is 474 g/mol. The van der Waals surface area contributed by atoms with Gasteiger partial charge in [-0.15, -0.1) is 0 Å². The minimum Gasteiger partial charge on any atom is -0.473 e. The Bertz CT molecular complexity index is 1380. The molecule has 3 aromatic rings. The number of nitrogens with zero attached hydrogens (tertiary/aromatic N) is 7. The van der Waals surface area contributed by atoms with Gasteiger partial charge in [0.1, 0.15) is 6.10 Å². The quantitative estimate of drug-likeness (QED) is 0.585. The van der Waals surface area contributed by atoms with Gasteiger partial charge >= 0.3 is 0 Å². The number of aromatic nitrogens is 5. The highest BCUT2D eigenvalue weighted by atomic mass is 16.5. The molecule has 10 nitrogen and oxygen atoms in total. The van der Waals surface area contributed by atoms with Crippen molar-refractivity contribution in [1.82, 2.24) is 34.9 Å². The molecule has 0 saturated carbocycles. The van der Waals surface area contributed by atoms with Crippen molar-refractivity contribution in [3.63, 3.8) is 0 Å². The van der Waals surface area contributed by atoms with Crippen molar-refractivity contribution in [1.29, 1.82) is 0 Å². The lowest BCUT2D eigenvalue weighted by atomic mass is 9.87. The van der Waals surface area contributed by atoms with Crippen molar-refractivity contribution < 1.29 is 9.84 Å². The zero-order valence-corrected chi connectivity index (χ0v) is 20.4. The molecule has 4 bridgehead atoms. The van der Waals surface area contributed by atoms with Crippen molar-refractivity contribution in [2.75, 3.05) is 33.3 Å². The number of hydrogen-bond donors (Lipinski definition) is 2. The van der Waals surface area contributed by atoms with E-state index in [1.165, 1.54) is 0 Å². The van der Waals surface area contributed by atoms with Crippen LogP contribution in [0.3, 0.4) is 0 Å². The number of likely N-dealkylation sites (N-methyl/N-ethyl adjacent to an activating group) is 1. The molecule has 3 aromatic heterocycles. The van der Waals surface area contributed by atoms with Crippen LogP contribution < -0.4 is 4.74 Å². The van der Waals surface area contributed by atoms with Crippen molar-refractivity contribution in [3.8, 4) is 17.1 Å². The second kappa shape index (κ2) is 8.31. The number of H-pyrrole nitrogens is 1. The fourth-order valence-electron chi connectivity index (χ4n) is 5.52. The van der Waals surface area contributed by atoms with Gasteiger partial charge in [-0.05, 0) is 38.6 Å². The Morgan fingerprint density at radius 3 is 2.91 bits per heavy atom. The summed E-state index contributed by atoms with van der Waals surface area (Å²) in [4.78, 5) is 7.00. The van der Waals surface area contributed by atoms with Crippen molar-refractivity contribution in [2.45, 2.75) is 26.0 Å². The third-order valence-corrected chi connectivity index (χ3v) is 7.03. The lowest BCUT2D eigenvalue weighted by Gasteiger charge is -2.32. The summed E-state index contributed by atoms with van der Waals surface area (Å²) >= 11 is 0. The number of β-amino-alcohol motifs (C(OH)–C–C–N with tert-alkyl or cyclic N) is 1. The van der Waals surface area contributed by atoms with Gasteiger partial charge in [0.2, 0.25) is 5.88 Å². The molecule has 6 rings (SSSR count). The van der Waals surface area contributed by atoms with Gasteiger partial charge in [-0.2, -0.15) is 15.3 Å². The average molecular weight is 475 g/mol. The van der Waals surface area contributed by atoms with Gasteiger partial charge in [0.05, 0.1) is 59.3 Å². The fraction of sp³-hybridized carbons (Fsp3) is 0.440. The van der Waals surface area contributed by atoms with E-state index in [4.69, 9.17) is 14.8 Å². The SMILES string of the molecule is Cc1nn(C)c2c1-c1cc3c(n[nH]c3cn1)C1=CC3C(=NN(CCO)C3CN(C)CC(C)O2)C=C1. The molecule has 3 unspecified atom stereocenters. The molecule has 0 spiro atoms. The van der Waals surface area contributed by atoms with E-state index in [9.17, 15) is 5.11 Å². The van der Waals surface area contributed by atoms with Gasteiger partial charge in [-0.3, -0.25) is 15.1 Å². The minimum absolute atomic E-state index is 0.0614. The number of nitrogens with one attached hydrogen (secondary N) is 1. The molecule has 0 aromatic carbocycles. The summed E-state index contributed by atoms with van der Waals surface area (Å²) in [6.45, 7) is 6.14. The zero-order chi connectivity index (χ0) is 24.3. The standard InChI is InChI=1S/C25H30N8O2/c1-14-12-31(3)13-22-17-9-16(5-6-19(17)30-33(22)7-8-34)24-18-10-20(26-11-21(18)27-28-24)23-15(2)29-32(4)25(23)35-14/h5-6,9-11,14,17,22,34H,7-8,12-13H2,1-4H3,(H,27,28). The van der Waals surface area contributed by atoms with E-state index in [2.05, 4.69) is 58.5 Å². The maximum Gasteiger partial charge on any atom is 0.221 e. The van der Waals surface area contributed by atoms with Crippen LogP contribution in [-0.2, 0) is 7.05 Å². The summed E-state index contributed by atoms with van der Waals surface area (Å²) in [5.74, 6) is 0.823. The number of rotatable bonds is 2. The highest BCUT2D eigenvalue weighted by molar-refractivity contribution is 6.06. The molecule has 3 aliphatic rings. The van der Waals surface area contributed by atoms with Crippen LogP contribution in [0.5, 0.6) is 5.88 Å². The molecule has 3 atom stereocenters. The van der Waals surface area contributed by atoms with Crippen LogP contribution in [-0.4, -0.2) is 91.1 Å². The van der Waals surface area contributed by atoms with E-state index in [0.29, 0.717) is 12.4 Å². The molecule has 2 N–H and O–H groups in total. The number of pyridine rings is 1. The second-order valence-corrected chi connectivity index (χ2v) is 9.69. The largest absolute Gasteiger partial charge is 0.473 e. The highest BCUT2D eigenvalue weighted by Gasteiger charge is 2.37. The number of hydrazone groups is 1. The normalized spacial score (nSPS) is 24.1. The Labute approximate surface area is 203 Å². The van der Waals surface area contributed by atoms with E-state index in [-0.39, 0.29) is 24.7 Å². The van der Waals surface area contributed by atoms with Crippen LogP contribution in [0.15, 0.2) is 35.6 Å². The van der Waals surface area contributed by atoms with E-state index in [1.54, 1.807) is 4.68 Å². The van der Waals surface area contributed by atoms with Gasteiger partial charge in [0.15, 0.2) is 0 Å². The molecule has 2 aliphatic heterocycles. The van der Waals surface area contributed by atoms with E-state index < -0.39 is 0 Å². The van der Waals surface area contributed by atoms with E-state index in [1.807, 2.05) is 25.2 Å². The lowest BCUT2D eigenvalue weighted by molar-refractivity contribution is 0.105. The summed E-state index contributed by atoms with van der Waals surface area (Å²) in [6, 6.07) is 2.18. The molecule has 10 heteroatoms. The summed E-state index contributed by atoms with van der Waals surface area (Å²) in [5, 5.41) is 30.0. The van der Waals surface area contributed by atoms with Gasteiger partial charge < -0.3 is 14.7 Å². The Morgan fingerprint density at radius 2 is 2.09 bits per heavy atom. The zero-order valence-electron chi connectivity index (χ0n) is 20.4. The molecule has 5 heterocycles. The van der Waals surface area contributed by atoms with Gasteiger partial charge in [0.25, 0.3) is 0 Å². The lowest BCUT2D eigenvalue weighted by Crippen LogP contribution is -2.45. The molecular formula is C25H30N8O2. The number of fused-ring (bicyclic) bond motifs is 4. The predicted octanol–water partition coefficient (Wildman–Crippen LogP) is 1.98. The number of ether oxygens (including phenoxy) is 1. The number of hydrogen-bond acceptors (Lipinski definition) is 8. The van der Waals surface area contributed by atoms with E-state index >= 15 is 0 Å². The second-order valence-electron chi connectivity index (χ2n) is 9.69. The summed E-state index contributed by atoms with van der Waals surface area (Å²) in [6.07, 6.45) is 8.19. The van der Waals surface area contributed by atoms with E-state index in [0.717, 1.165) is 57.9 Å². The molecule has 0 fully saturated rings. The number of aromatic amines is 1. The van der Waals surface area contributed by atoms with Crippen LogP contribution in [0.25, 0.3) is 27.7 Å². The van der Waals surface area contributed by atoms with Crippen LogP contribution in [0.4, 0.5) is 0 Å². The third-order valence-electron chi connectivity index (χ3n) is 7.03.